The lowest BCUT2D eigenvalue weighted by Gasteiger charge is -2.30. The van der Waals surface area contributed by atoms with Gasteiger partial charge in [0.25, 0.3) is 5.56 Å². The van der Waals surface area contributed by atoms with Crippen LogP contribution in [0.4, 0.5) is 17.3 Å². The lowest BCUT2D eigenvalue weighted by atomic mass is 9.92. The molecule has 0 amide bonds. The summed E-state index contributed by atoms with van der Waals surface area (Å²) in [6, 6.07) is 17.5. The fourth-order valence-corrected chi connectivity index (χ4v) is 7.44. The molecule has 8 nitrogen and oxygen atoms in total. The molecule has 0 atom stereocenters. The third-order valence-corrected chi connectivity index (χ3v) is 10.2. The smallest absolute Gasteiger partial charge is 0.260 e. The summed E-state index contributed by atoms with van der Waals surface area (Å²) in [6.07, 6.45) is 11.2. The summed E-state index contributed by atoms with van der Waals surface area (Å²) >= 11 is 0. The second-order valence-corrected chi connectivity index (χ2v) is 13.5. The number of hydrogen-bond acceptors (Lipinski definition) is 7. The van der Waals surface area contributed by atoms with Gasteiger partial charge in [-0.2, -0.15) is 4.98 Å². The van der Waals surface area contributed by atoms with Crippen LogP contribution in [-0.4, -0.2) is 58.8 Å². The molecule has 0 unspecified atom stereocenters. The third kappa shape index (κ3) is 6.77. The average molecular weight is 607 g/mol. The molecule has 1 aliphatic carbocycles. The van der Waals surface area contributed by atoms with Gasteiger partial charge in [-0.25, -0.2) is 4.98 Å². The van der Waals surface area contributed by atoms with Gasteiger partial charge < -0.3 is 20.3 Å². The van der Waals surface area contributed by atoms with E-state index >= 15 is 0 Å². The molecule has 2 N–H and O–H groups in total. The van der Waals surface area contributed by atoms with E-state index in [0.29, 0.717) is 36.0 Å². The molecule has 8 heteroatoms. The Balaban J connectivity index is 1.18. The SMILES string of the molecule is Cc1cc(C2CCCC2)ccc1-c1cc2cnc(Nc3ccc(NC4CCN(C)CC4)cc3)nc2n(CC2CCOCC2)c1=O. The molecule has 4 heterocycles. The highest BCUT2D eigenvalue weighted by atomic mass is 16.5. The first kappa shape index (κ1) is 29.9. The van der Waals surface area contributed by atoms with Gasteiger partial charge >= 0.3 is 0 Å². The topological polar surface area (TPSA) is 84.3 Å². The zero-order valence-corrected chi connectivity index (χ0v) is 26.7. The van der Waals surface area contributed by atoms with E-state index in [1.807, 2.05) is 16.8 Å². The maximum atomic E-state index is 14.3. The first-order valence-electron chi connectivity index (χ1n) is 16.9. The summed E-state index contributed by atoms with van der Waals surface area (Å²) in [5, 5.41) is 7.93. The van der Waals surface area contributed by atoms with Gasteiger partial charge in [0.15, 0.2) is 0 Å². The summed E-state index contributed by atoms with van der Waals surface area (Å²) < 4.78 is 7.52. The number of nitrogens with one attached hydrogen (secondary N) is 2. The van der Waals surface area contributed by atoms with Crippen LogP contribution in [0.1, 0.15) is 68.4 Å². The molecule has 2 saturated heterocycles. The van der Waals surface area contributed by atoms with Crippen molar-refractivity contribution in [2.24, 2.45) is 5.92 Å². The van der Waals surface area contributed by atoms with Crippen LogP contribution in [0.15, 0.2) is 59.5 Å². The summed E-state index contributed by atoms with van der Waals surface area (Å²) in [6.45, 7) is 6.50. The summed E-state index contributed by atoms with van der Waals surface area (Å²) in [5.41, 5.74) is 7.01. The zero-order valence-electron chi connectivity index (χ0n) is 26.7. The molecule has 0 bridgehead atoms. The van der Waals surface area contributed by atoms with Gasteiger partial charge in [0.2, 0.25) is 5.95 Å². The van der Waals surface area contributed by atoms with E-state index in [1.165, 1.54) is 31.2 Å². The van der Waals surface area contributed by atoms with Gasteiger partial charge in [0, 0.05) is 54.3 Å². The number of fused-ring (bicyclic) bond motifs is 1. The molecule has 1 saturated carbocycles. The summed E-state index contributed by atoms with van der Waals surface area (Å²) in [4.78, 5) is 26.3. The molecular formula is C37H46N6O2. The van der Waals surface area contributed by atoms with E-state index in [0.717, 1.165) is 85.4 Å². The molecule has 2 aliphatic heterocycles. The van der Waals surface area contributed by atoms with Gasteiger partial charge in [-0.15, -0.1) is 0 Å². The zero-order chi connectivity index (χ0) is 30.8. The van der Waals surface area contributed by atoms with Crippen LogP contribution in [0.25, 0.3) is 22.2 Å². The van der Waals surface area contributed by atoms with E-state index < -0.39 is 0 Å². The van der Waals surface area contributed by atoms with Crippen LogP contribution < -0.4 is 16.2 Å². The Bertz CT molecular complexity index is 1680. The first-order valence-corrected chi connectivity index (χ1v) is 16.9. The highest BCUT2D eigenvalue weighted by molar-refractivity contribution is 5.82. The van der Waals surface area contributed by atoms with Crippen molar-refractivity contribution in [1.82, 2.24) is 19.4 Å². The maximum absolute atomic E-state index is 14.3. The monoisotopic (exact) mass is 606 g/mol. The number of ether oxygens (including phenoxy) is 1. The number of benzene rings is 2. The standard InChI is InChI=1S/C37H46N6O2/c1-25-21-28(27-5-3-4-6-27)7-12-33(25)34-22-29-23-38-37(41-35(29)43(36(34)44)24-26-15-19-45-20-16-26)40-31-10-8-30(9-11-31)39-32-13-17-42(2)18-14-32/h7-12,21-23,26-27,32,39H,3-6,13-20,24H2,1-2H3,(H,38,40,41). The van der Waals surface area contributed by atoms with Crippen molar-refractivity contribution in [3.05, 3.63) is 76.2 Å². The predicted octanol–water partition coefficient (Wildman–Crippen LogP) is 7.10. The molecule has 0 spiro atoms. The summed E-state index contributed by atoms with van der Waals surface area (Å²) in [7, 11) is 2.19. The van der Waals surface area contributed by atoms with Crippen LogP contribution in [0.2, 0.25) is 0 Å². The van der Waals surface area contributed by atoms with Gasteiger partial charge in [-0.3, -0.25) is 9.36 Å². The third-order valence-electron chi connectivity index (χ3n) is 10.2. The Morgan fingerprint density at radius 1 is 0.889 bits per heavy atom. The molecule has 0 radical (unpaired) electrons. The number of aromatic nitrogens is 3. The highest BCUT2D eigenvalue weighted by Crippen LogP contribution is 2.36. The van der Waals surface area contributed by atoms with E-state index in [1.54, 1.807) is 0 Å². The average Bonchev–Trinajstić information content (AvgIpc) is 3.61. The molecule has 4 aromatic rings. The van der Waals surface area contributed by atoms with Gasteiger partial charge in [-0.05, 0) is 124 Å². The molecule has 7 rings (SSSR count). The largest absolute Gasteiger partial charge is 0.382 e. The molecule has 45 heavy (non-hydrogen) atoms. The number of hydrogen-bond donors (Lipinski definition) is 2. The van der Waals surface area contributed by atoms with Gasteiger partial charge in [0.1, 0.15) is 5.65 Å². The second kappa shape index (κ2) is 13.3. The van der Waals surface area contributed by atoms with Crippen molar-refractivity contribution >= 4 is 28.4 Å². The van der Waals surface area contributed by atoms with Crippen molar-refractivity contribution in [3.63, 3.8) is 0 Å². The van der Waals surface area contributed by atoms with Crippen LogP contribution >= 0.6 is 0 Å². The van der Waals surface area contributed by atoms with E-state index in [4.69, 9.17) is 9.72 Å². The van der Waals surface area contributed by atoms with E-state index in [-0.39, 0.29) is 5.56 Å². The minimum Gasteiger partial charge on any atom is -0.382 e. The van der Waals surface area contributed by atoms with Gasteiger partial charge in [-0.1, -0.05) is 31.0 Å². The molecule has 3 fully saturated rings. The normalized spacial score (nSPS) is 18.9. The quantitative estimate of drug-likeness (QED) is 0.221. The van der Waals surface area contributed by atoms with Crippen LogP contribution in [0.3, 0.4) is 0 Å². The fraction of sp³-hybridized carbons (Fsp3) is 0.486. The lowest BCUT2D eigenvalue weighted by molar-refractivity contribution is 0.0613. The number of anilines is 3. The summed E-state index contributed by atoms with van der Waals surface area (Å²) in [5.74, 6) is 1.51. The van der Waals surface area contributed by atoms with E-state index in [9.17, 15) is 4.79 Å². The maximum Gasteiger partial charge on any atom is 0.260 e. The lowest BCUT2D eigenvalue weighted by Crippen LogP contribution is -2.36. The van der Waals surface area contributed by atoms with Crippen LogP contribution in [-0.2, 0) is 11.3 Å². The fourth-order valence-electron chi connectivity index (χ4n) is 7.44. The number of likely N-dealkylation sites (tertiary alicyclic amines) is 1. The van der Waals surface area contributed by atoms with E-state index in [2.05, 4.69) is 77.0 Å². The number of pyridine rings is 1. The molecule has 2 aromatic carbocycles. The Hall–Kier alpha value is -3.75. The number of aryl methyl sites for hydroxylation is 1. The predicted molar refractivity (Wildman–Crippen MR) is 183 cm³/mol. The van der Waals surface area contributed by atoms with Gasteiger partial charge in [0.05, 0.1) is 0 Å². The van der Waals surface area contributed by atoms with Crippen molar-refractivity contribution in [2.45, 2.75) is 76.8 Å². The molecular weight excluding hydrogens is 560 g/mol. The van der Waals surface area contributed by atoms with Crippen molar-refractivity contribution < 1.29 is 4.74 Å². The Kier molecular flexibility index (Phi) is 8.85. The minimum atomic E-state index is 0.0136. The molecule has 2 aromatic heterocycles. The van der Waals surface area contributed by atoms with Crippen molar-refractivity contribution in [2.75, 3.05) is 44.0 Å². The second-order valence-electron chi connectivity index (χ2n) is 13.5. The Morgan fingerprint density at radius 2 is 1.62 bits per heavy atom. The number of piperidine rings is 1. The van der Waals surface area contributed by atoms with Crippen molar-refractivity contribution in [3.8, 4) is 11.1 Å². The number of nitrogens with zero attached hydrogens (tertiary/aromatic N) is 4. The van der Waals surface area contributed by atoms with Crippen LogP contribution in [0.5, 0.6) is 0 Å². The Labute approximate surface area is 266 Å². The molecule has 3 aliphatic rings. The Morgan fingerprint density at radius 3 is 2.36 bits per heavy atom. The number of rotatable bonds is 8. The first-order chi connectivity index (χ1) is 22.0. The highest BCUT2D eigenvalue weighted by Gasteiger charge is 2.22. The minimum absolute atomic E-state index is 0.0136. The van der Waals surface area contributed by atoms with Crippen LogP contribution in [0, 0.1) is 12.8 Å². The molecule has 236 valence electrons. The van der Waals surface area contributed by atoms with Crippen molar-refractivity contribution in [1.29, 1.82) is 0 Å².